The second kappa shape index (κ2) is 6.97. The molecule has 1 aromatic heterocycles. The van der Waals surface area contributed by atoms with Gasteiger partial charge in [-0.15, -0.1) is 0 Å². The van der Waals surface area contributed by atoms with Gasteiger partial charge in [-0.05, 0) is 0 Å². The topological polar surface area (TPSA) is 79.0 Å². The Bertz CT molecular complexity index is 274. The van der Waals surface area contributed by atoms with Gasteiger partial charge in [-0.2, -0.15) is 0 Å². The van der Waals surface area contributed by atoms with Crippen molar-refractivity contribution in [1.29, 1.82) is 0 Å². The normalized spacial score (nSPS) is 10.2. The fourth-order valence-electron chi connectivity index (χ4n) is 1.05. The van der Waals surface area contributed by atoms with Crippen LogP contribution >= 0.6 is 0 Å². The first kappa shape index (κ1) is 11.7. The largest absolute Gasteiger partial charge is 0.383 e. The maximum Gasteiger partial charge on any atom is 0.234 e. The van der Waals surface area contributed by atoms with Crippen LogP contribution in [0.2, 0.25) is 0 Å². The summed E-state index contributed by atoms with van der Waals surface area (Å²) in [7, 11) is 1.60. The number of amides is 1. The van der Waals surface area contributed by atoms with Gasteiger partial charge in [0.25, 0.3) is 0 Å². The van der Waals surface area contributed by atoms with E-state index in [1.54, 1.807) is 19.6 Å². The van der Waals surface area contributed by atoms with E-state index in [1.807, 2.05) is 0 Å². The Labute approximate surface area is 88.4 Å². The van der Waals surface area contributed by atoms with E-state index in [1.165, 1.54) is 0 Å². The molecule has 1 aromatic rings. The molecular formula is C9H16N4O2. The third-order valence-corrected chi connectivity index (χ3v) is 1.78. The fraction of sp³-hybridized carbons (Fsp3) is 0.556. The van der Waals surface area contributed by atoms with Crippen LogP contribution in [0.1, 0.15) is 5.69 Å². The zero-order chi connectivity index (χ0) is 10.9. The summed E-state index contributed by atoms with van der Waals surface area (Å²) in [6.45, 7) is 1.98. The molecule has 1 heterocycles. The summed E-state index contributed by atoms with van der Waals surface area (Å²) in [5, 5.41) is 5.70. The molecule has 6 nitrogen and oxygen atoms in total. The van der Waals surface area contributed by atoms with Crippen molar-refractivity contribution in [3.05, 3.63) is 18.2 Å². The number of aromatic amines is 1. The Balaban J connectivity index is 2.02. The monoisotopic (exact) mass is 212 g/mol. The quantitative estimate of drug-likeness (QED) is 0.520. The van der Waals surface area contributed by atoms with Crippen LogP contribution in [-0.2, 0) is 16.1 Å². The molecule has 0 aliphatic rings. The highest BCUT2D eigenvalue weighted by molar-refractivity contribution is 5.77. The van der Waals surface area contributed by atoms with Gasteiger partial charge in [-0.3, -0.25) is 4.79 Å². The first-order valence-corrected chi connectivity index (χ1v) is 4.76. The third kappa shape index (κ3) is 5.14. The van der Waals surface area contributed by atoms with Crippen molar-refractivity contribution in [2.24, 2.45) is 0 Å². The van der Waals surface area contributed by atoms with Crippen molar-refractivity contribution >= 4 is 5.91 Å². The van der Waals surface area contributed by atoms with E-state index < -0.39 is 0 Å². The molecule has 3 N–H and O–H groups in total. The zero-order valence-electron chi connectivity index (χ0n) is 8.75. The highest BCUT2D eigenvalue weighted by Crippen LogP contribution is 1.87. The molecule has 0 bridgehead atoms. The van der Waals surface area contributed by atoms with Crippen molar-refractivity contribution in [3.63, 3.8) is 0 Å². The summed E-state index contributed by atoms with van der Waals surface area (Å²) in [5.41, 5.74) is 0.958. The van der Waals surface area contributed by atoms with E-state index >= 15 is 0 Å². The smallest absolute Gasteiger partial charge is 0.234 e. The number of ether oxygens (including phenoxy) is 1. The molecule has 0 unspecified atom stereocenters. The number of carbonyl (C=O) groups excluding carboxylic acids is 1. The number of nitrogens with zero attached hydrogens (tertiary/aromatic N) is 1. The van der Waals surface area contributed by atoms with Crippen LogP contribution in [-0.4, -0.2) is 42.7 Å². The lowest BCUT2D eigenvalue weighted by atomic mass is 10.4. The van der Waals surface area contributed by atoms with Gasteiger partial charge in [0.05, 0.1) is 19.5 Å². The number of methoxy groups -OCH3 is 1. The summed E-state index contributed by atoms with van der Waals surface area (Å²) >= 11 is 0. The molecule has 0 spiro atoms. The van der Waals surface area contributed by atoms with Crippen molar-refractivity contribution in [1.82, 2.24) is 20.6 Å². The molecule has 15 heavy (non-hydrogen) atoms. The van der Waals surface area contributed by atoms with Crippen LogP contribution in [0.25, 0.3) is 0 Å². The summed E-state index contributed by atoms with van der Waals surface area (Å²) in [5.74, 6) is -0.0356. The number of nitrogens with one attached hydrogen (secondary N) is 3. The van der Waals surface area contributed by atoms with Crippen LogP contribution in [0.15, 0.2) is 12.5 Å². The first-order chi connectivity index (χ1) is 7.33. The van der Waals surface area contributed by atoms with Crippen molar-refractivity contribution in [3.8, 4) is 0 Å². The molecule has 0 aliphatic heterocycles. The highest BCUT2D eigenvalue weighted by Gasteiger charge is 1.99. The molecule has 0 radical (unpaired) electrons. The average Bonchev–Trinajstić information content (AvgIpc) is 2.71. The van der Waals surface area contributed by atoms with Gasteiger partial charge >= 0.3 is 0 Å². The average molecular weight is 212 g/mol. The fourth-order valence-corrected chi connectivity index (χ4v) is 1.05. The lowest BCUT2D eigenvalue weighted by Crippen LogP contribution is -2.35. The molecule has 0 fully saturated rings. The predicted octanol–water partition coefficient (Wildman–Crippen LogP) is -0.738. The summed E-state index contributed by atoms with van der Waals surface area (Å²) in [6, 6.07) is 0. The number of imidazole rings is 1. The van der Waals surface area contributed by atoms with Crippen molar-refractivity contribution in [2.45, 2.75) is 6.54 Å². The minimum atomic E-state index is -0.0356. The van der Waals surface area contributed by atoms with Crippen LogP contribution in [0.3, 0.4) is 0 Å². The molecule has 0 saturated heterocycles. The second-order valence-corrected chi connectivity index (χ2v) is 3.02. The minimum Gasteiger partial charge on any atom is -0.383 e. The van der Waals surface area contributed by atoms with E-state index in [0.29, 0.717) is 26.2 Å². The number of carbonyl (C=O) groups is 1. The van der Waals surface area contributed by atoms with Gasteiger partial charge in [0, 0.05) is 32.1 Å². The van der Waals surface area contributed by atoms with Crippen molar-refractivity contribution < 1.29 is 9.53 Å². The van der Waals surface area contributed by atoms with E-state index in [9.17, 15) is 4.79 Å². The highest BCUT2D eigenvalue weighted by atomic mass is 16.5. The number of hydrogen-bond acceptors (Lipinski definition) is 4. The van der Waals surface area contributed by atoms with Crippen LogP contribution in [0.5, 0.6) is 0 Å². The van der Waals surface area contributed by atoms with E-state index in [0.717, 1.165) is 5.69 Å². The molecule has 1 amide bonds. The number of rotatable bonds is 7. The molecule has 0 aliphatic carbocycles. The molecule has 0 atom stereocenters. The lowest BCUT2D eigenvalue weighted by molar-refractivity contribution is -0.120. The molecule has 0 aromatic carbocycles. The Hall–Kier alpha value is -1.40. The van der Waals surface area contributed by atoms with Gasteiger partial charge in [-0.25, -0.2) is 4.98 Å². The Kier molecular flexibility index (Phi) is 5.42. The maximum absolute atomic E-state index is 11.2. The van der Waals surface area contributed by atoms with Crippen LogP contribution in [0.4, 0.5) is 0 Å². The molecule has 6 heteroatoms. The van der Waals surface area contributed by atoms with Gasteiger partial charge < -0.3 is 20.4 Å². The maximum atomic E-state index is 11.2. The molecule has 1 rings (SSSR count). The Morgan fingerprint density at radius 2 is 2.53 bits per heavy atom. The predicted molar refractivity (Wildman–Crippen MR) is 55.2 cm³/mol. The Morgan fingerprint density at radius 1 is 1.67 bits per heavy atom. The molecule has 0 saturated carbocycles. The summed E-state index contributed by atoms with van der Waals surface area (Å²) in [4.78, 5) is 18.0. The number of aromatic nitrogens is 2. The first-order valence-electron chi connectivity index (χ1n) is 4.76. The molecular weight excluding hydrogens is 196 g/mol. The SMILES string of the molecule is COCCNC(=O)CNCc1cnc[nH]1. The van der Waals surface area contributed by atoms with Crippen molar-refractivity contribution in [2.75, 3.05) is 26.8 Å². The summed E-state index contributed by atoms with van der Waals surface area (Å²) in [6.07, 6.45) is 3.32. The van der Waals surface area contributed by atoms with Gasteiger partial charge in [0.2, 0.25) is 5.91 Å². The van der Waals surface area contributed by atoms with Gasteiger partial charge in [0.1, 0.15) is 0 Å². The van der Waals surface area contributed by atoms with Crippen LogP contribution in [0, 0.1) is 0 Å². The lowest BCUT2D eigenvalue weighted by Gasteiger charge is -2.04. The van der Waals surface area contributed by atoms with Gasteiger partial charge in [-0.1, -0.05) is 0 Å². The van der Waals surface area contributed by atoms with E-state index in [4.69, 9.17) is 4.74 Å². The van der Waals surface area contributed by atoms with E-state index in [2.05, 4.69) is 20.6 Å². The molecule has 84 valence electrons. The minimum absolute atomic E-state index is 0.0356. The Morgan fingerprint density at radius 3 is 3.20 bits per heavy atom. The van der Waals surface area contributed by atoms with Crippen LogP contribution < -0.4 is 10.6 Å². The number of H-pyrrole nitrogens is 1. The van der Waals surface area contributed by atoms with Gasteiger partial charge in [0.15, 0.2) is 0 Å². The summed E-state index contributed by atoms with van der Waals surface area (Å²) < 4.78 is 4.81. The van der Waals surface area contributed by atoms with E-state index in [-0.39, 0.29) is 5.91 Å². The third-order valence-electron chi connectivity index (χ3n) is 1.78. The standard InChI is InChI=1S/C9H16N4O2/c1-15-3-2-12-9(14)6-10-4-8-5-11-7-13-8/h5,7,10H,2-4,6H2,1H3,(H,11,13)(H,12,14). The number of hydrogen-bond donors (Lipinski definition) is 3. The zero-order valence-corrected chi connectivity index (χ0v) is 8.75. The second-order valence-electron chi connectivity index (χ2n) is 3.02.